The van der Waals surface area contributed by atoms with Gasteiger partial charge in [0.25, 0.3) is 0 Å². The van der Waals surface area contributed by atoms with Crippen LogP contribution in [0.2, 0.25) is 0 Å². The van der Waals surface area contributed by atoms with Crippen molar-refractivity contribution in [1.82, 2.24) is 19.7 Å². The Labute approximate surface area is 174 Å². The number of benzene rings is 1. The van der Waals surface area contributed by atoms with Crippen LogP contribution in [0, 0.1) is 5.82 Å². The predicted octanol–water partition coefficient (Wildman–Crippen LogP) is 2.12. The van der Waals surface area contributed by atoms with Gasteiger partial charge in [-0.15, -0.1) is 10.2 Å². The van der Waals surface area contributed by atoms with Gasteiger partial charge >= 0.3 is 0 Å². The van der Waals surface area contributed by atoms with Crippen molar-refractivity contribution in [2.75, 3.05) is 29.4 Å². The maximum atomic E-state index is 13.2. The second-order valence-electron chi connectivity index (χ2n) is 6.77. The number of likely N-dealkylation sites (tertiary alicyclic amines) is 1. The van der Waals surface area contributed by atoms with Crippen LogP contribution in [-0.2, 0) is 27.9 Å². The number of hydrogen-bond donors (Lipinski definition) is 0. The zero-order valence-corrected chi connectivity index (χ0v) is 18.0. The Kier molecular flexibility index (Phi) is 6.78. The van der Waals surface area contributed by atoms with E-state index in [1.807, 2.05) is 11.8 Å². The molecular weight excluding hydrogens is 417 g/mol. The second kappa shape index (κ2) is 9.12. The van der Waals surface area contributed by atoms with Crippen LogP contribution in [0.25, 0.3) is 0 Å². The molecule has 0 atom stereocenters. The number of carbonyl (C=O) groups is 1. The molecule has 29 heavy (non-hydrogen) atoms. The molecule has 0 saturated carbocycles. The molecule has 1 aliphatic heterocycles. The highest BCUT2D eigenvalue weighted by Gasteiger charge is 2.23. The minimum atomic E-state index is -3.62. The number of rotatable bonds is 8. The van der Waals surface area contributed by atoms with E-state index in [-0.39, 0.29) is 18.2 Å². The first kappa shape index (κ1) is 21.6. The molecule has 0 spiro atoms. The summed E-state index contributed by atoms with van der Waals surface area (Å²) >= 11 is 1.30. The number of nitrogens with zero attached hydrogens (tertiary/aromatic N) is 5. The summed E-state index contributed by atoms with van der Waals surface area (Å²) in [6.07, 6.45) is 3.17. The van der Waals surface area contributed by atoms with Crippen LogP contribution in [0.4, 0.5) is 10.1 Å². The molecule has 0 unspecified atom stereocenters. The van der Waals surface area contributed by atoms with Gasteiger partial charge in [0.2, 0.25) is 15.9 Å². The largest absolute Gasteiger partial charge is 0.342 e. The molecular formula is C18H24FN5O3S2. The topological polar surface area (TPSA) is 88.4 Å². The van der Waals surface area contributed by atoms with E-state index in [0.717, 1.165) is 36.5 Å². The molecule has 11 heteroatoms. The van der Waals surface area contributed by atoms with E-state index in [1.165, 1.54) is 36.0 Å². The Bertz CT molecular complexity index is 956. The Morgan fingerprint density at radius 2 is 1.86 bits per heavy atom. The lowest BCUT2D eigenvalue weighted by atomic mass is 10.3. The second-order valence-corrected chi connectivity index (χ2v) is 9.61. The van der Waals surface area contributed by atoms with Crippen molar-refractivity contribution in [3.63, 3.8) is 0 Å². The third-order valence-electron chi connectivity index (χ3n) is 4.69. The minimum absolute atomic E-state index is 0.0358. The number of halogens is 1. The molecule has 1 aromatic heterocycles. The van der Waals surface area contributed by atoms with E-state index in [0.29, 0.717) is 23.2 Å². The van der Waals surface area contributed by atoms with Crippen molar-refractivity contribution in [2.45, 2.75) is 38.0 Å². The number of amides is 1. The fourth-order valence-electron chi connectivity index (χ4n) is 3.18. The first-order valence-corrected chi connectivity index (χ1v) is 12.2. The lowest BCUT2D eigenvalue weighted by Gasteiger charge is -2.22. The summed E-state index contributed by atoms with van der Waals surface area (Å²) in [6, 6.07) is 5.24. The quantitative estimate of drug-likeness (QED) is 0.583. The van der Waals surface area contributed by atoms with Crippen molar-refractivity contribution in [3.8, 4) is 0 Å². The van der Waals surface area contributed by atoms with Gasteiger partial charge in [-0.25, -0.2) is 12.8 Å². The highest BCUT2D eigenvalue weighted by molar-refractivity contribution is 7.99. The molecule has 3 rings (SSSR count). The molecule has 0 bridgehead atoms. The van der Waals surface area contributed by atoms with Crippen LogP contribution in [-0.4, -0.2) is 59.1 Å². The lowest BCUT2D eigenvalue weighted by Crippen LogP contribution is -2.31. The Morgan fingerprint density at radius 1 is 1.21 bits per heavy atom. The molecule has 0 aliphatic carbocycles. The van der Waals surface area contributed by atoms with Gasteiger partial charge in [-0.3, -0.25) is 9.10 Å². The number of thioether (sulfide) groups is 1. The molecule has 158 valence electrons. The average molecular weight is 442 g/mol. The highest BCUT2D eigenvalue weighted by atomic mass is 32.2. The van der Waals surface area contributed by atoms with E-state index in [4.69, 9.17) is 0 Å². The van der Waals surface area contributed by atoms with Crippen LogP contribution >= 0.6 is 11.8 Å². The smallest absolute Gasteiger partial charge is 0.233 e. The lowest BCUT2D eigenvalue weighted by molar-refractivity contribution is -0.127. The summed E-state index contributed by atoms with van der Waals surface area (Å²) < 4.78 is 40.8. The summed E-state index contributed by atoms with van der Waals surface area (Å²) in [4.78, 5) is 14.1. The molecule has 1 aromatic carbocycles. The Balaban J connectivity index is 1.77. The van der Waals surface area contributed by atoms with Gasteiger partial charge in [0.1, 0.15) is 5.82 Å². The highest BCUT2D eigenvalue weighted by Crippen LogP contribution is 2.23. The summed E-state index contributed by atoms with van der Waals surface area (Å²) in [5, 5.41) is 8.87. The van der Waals surface area contributed by atoms with Crippen molar-refractivity contribution < 1.29 is 17.6 Å². The van der Waals surface area contributed by atoms with Gasteiger partial charge in [0, 0.05) is 19.6 Å². The van der Waals surface area contributed by atoms with Crippen LogP contribution in [0.15, 0.2) is 29.4 Å². The Hall–Kier alpha value is -2.14. The third-order valence-corrected chi connectivity index (χ3v) is 6.79. The fraction of sp³-hybridized carbons (Fsp3) is 0.500. The van der Waals surface area contributed by atoms with Crippen LogP contribution in [0.1, 0.15) is 25.6 Å². The SMILES string of the molecule is CCn1c(CN(c2ccc(F)cc2)S(C)(=O)=O)nnc1SCC(=O)N1CCCC1. The van der Waals surface area contributed by atoms with Gasteiger partial charge in [-0.1, -0.05) is 11.8 Å². The van der Waals surface area contributed by atoms with E-state index < -0.39 is 15.8 Å². The average Bonchev–Trinajstić information content (AvgIpc) is 3.34. The molecule has 0 radical (unpaired) electrons. The van der Waals surface area contributed by atoms with Crippen molar-refractivity contribution in [2.24, 2.45) is 0 Å². The molecule has 2 heterocycles. The predicted molar refractivity (Wildman–Crippen MR) is 110 cm³/mol. The molecule has 8 nitrogen and oxygen atoms in total. The molecule has 1 amide bonds. The molecule has 0 N–H and O–H groups in total. The molecule has 1 aliphatic rings. The number of hydrogen-bond acceptors (Lipinski definition) is 6. The monoisotopic (exact) mass is 441 g/mol. The third kappa shape index (κ3) is 5.27. The summed E-state index contributed by atoms with van der Waals surface area (Å²) in [6.45, 7) is 4.00. The number of carbonyl (C=O) groups excluding carboxylic acids is 1. The van der Waals surface area contributed by atoms with E-state index >= 15 is 0 Å². The number of sulfonamides is 1. The van der Waals surface area contributed by atoms with Gasteiger partial charge in [-0.2, -0.15) is 0 Å². The Morgan fingerprint density at radius 3 is 2.45 bits per heavy atom. The van der Waals surface area contributed by atoms with Crippen molar-refractivity contribution >= 4 is 33.4 Å². The number of aromatic nitrogens is 3. The van der Waals surface area contributed by atoms with Gasteiger partial charge < -0.3 is 9.47 Å². The minimum Gasteiger partial charge on any atom is -0.342 e. The molecule has 1 saturated heterocycles. The van der Waals surface area contributed by atoms with Crippen LogP contribution < -0.4 is 4.31 Å². The van der Waals surface area contributed by atoms with Crippen molar-refractivity contribution in [1.29, 1.82) is 0 Å². The van der Waals surface area contributed by atoms with Crippen molar-refractivity contribution in [3.05, 3.63) is 35.9 Å². The van der Waals surface area contributed by atoms with Crippen LogP contribution in [0.5, 0.6) is 0 Å². The standard InChI is InChI=1S/C18H24FN5O3S2/c1-3-23-16(12-24(29(2,26)27)15-8-6-14(19)7-9-15)20-21-18(23)28-13-17(25)22-10-4-5-11-22/h6-9H,3-5,10-13H2,1-2H3. The van der Waals surface area contributed by atoms with Gasteiger partial charge in [-0.05, 0) is 44.0 Å². The van der Waals surface area contributed by atoms with Gasteiger partial charge in [0.15, 0.2) is 11.0 Å². The maximum Gasteiger partial charge on any atom is 0.233 e. The fourth-order valence-corrected chi connectivity index (χ4v) is 4.96. The van der Waals surface area contributed by atoms with Gasteiger partial charge in [0.05, 0.1) is 24.2 Å². The summed E-state index contributed by atoms with van der Waals surface area (Å²) in [5.41, 5.74) is 0.345. The molecule has 1 fully saturated rings. The first-order chi connectivity index (χ1) is 13.8. The number of anilines is 1. The van der Waals surface area contributed by atoms with E-state index in [1.54, 1.807) is 4.57 Å². The first-order valence-electron chi connectivity index (χ1n) is 9.35. The normalized spacial score (nSPS) is 14.4. The summed E-state index contributed by atoms with van der Waals surface area (Å²) in [5.74, 6) is 0.355. The van der Waals surface area contributed by atoms with Crippen LogP contribution in [0.3, 0.4) is 0 Å². The summed E-state index contributed by atoms with van der Waals surface area (Å²) in [7, 11) is -3.62. The zero-order chi connectivity index (χ0) is 21.0. The zero-order valence-electron chi connectivity index (χ0n) is 16.4. The maximum absolute atomic E-state index is 13.2. The van der Waals surface area contributed by atoms with E-state index in [2.05, 4.69) is 10.2 Å². The van der Waals surface area contributed by atoms with E-state index in [9.17, 15) is 17.6 Å². The molecule has 2 aromatic rings.